The fourth-order valence-electron chi connectivity index (χ4n) is 3.47. The van der Waals surface area contributed by atoms with E-state index < -0.39 is 11.9 Å². The van der Waals surface area contributed by atoms with Gasteiger partial charge in [0.25, 0.3) is 0 Å². The fraction of sp³-hybridized carbons (Fsp3) is 0.444. The van der Waals surface area contributed by atoms with Crippen LogP contribution in [0.25, 0.3) is 0 Å². The lowest BCUT2D eigenvalue weighted by Gasteiger charge is -2.14. The highest BCUT2D eigenvalue weighted by molar-refractivity contribution is 6.04. The molecule has 0 aliphatic heterocycles. The van der Waals surface area contributed by atoms with Gasteiger partial charge in [0.2, 0.25) is 0 Å². The Labute approximate surface area is 205 Å². The number of aryl methyl sites for hydroxylation is 3. The van der Waals surface area contributed by atoms with Gasteiger partial charge in [-0.1, -0.05) is 41.6 Å². The predicted octanol–water partition coefficient (Wildman–Crippen LogP) is 6.59. The van der Waals surface area contributed by atoms with Crippen LogP contribution in [0.4, 0.5) is 13.2 Å². The van der Waals surface area contributed by atoms with Crippen LogP contribution in [0.2, 0.25) is 0 Å². The Morgan fingerprint density at radius 1 is 0.943 bits per heavy atom. The van der Waals surface area contributed by atoms with Gasteiger partial charge in [-0.25, -0.2) is 0 Å². The van der Waals surface area contributed by atoms with E-state index in [9.17, 15) is 13.2 Å². The van der Waals surface area contributed by atoms with Crippen molar-refractivity contribution in [2.24, 2.45) is 5.16 Å². The minimum absolute atomic E-state index is 0.0272. The van der Waals surface area contributed by atoms with Crippen LogP contribution < -0.4 is 9.47 Å². The Bertz CT molecular complexity index is 946. The number of rotatable bonds is 14. The number of benzene rings is 2. The molecule has 0 aliphatic carbocycles. The van der Waals surface area contributed by atoms with E-state index in [1.165, 1.54) is 12.1 Å². The van der Waals surface area contributed by atoms with E-state index in [4.69, 9.17) is 14.2 Å². The zero-order valence-corrected chi connectivity index (χ0v) is 20.8. The van der Waals surface area contributed by atoms with Gasteiger partial charge in [-0.05, 0) is 62.4 Å². The second kappa shape index (κ2) is 14.4. The summed E-state index contributed by atoms with van der Waals surface area (Å²) in [6, 6.07) is 10.1. The molecule has 0 aliphatic rings. The molecular formula is C27H34F3NO4. The molecule has 0 heterocycles. The molecule has 192 valence electrons. The van der Waals surface area contributed by atoms with Crippen molar-refractivity contribution < 1.29 is 32.2 Å². The van der Waals surface area contributed by atoms with E-state index in [1.54, 1.807) is 12.1 Å². The van der Waals surface area contributed by atoms with Crippen LogP contribution in [-0.4, -0.2) is 45.4 Å². The van der Waals surface area contributed by atoms with Gasteiger partial charge in [0.05, 0.1) is 6.61 Å². The zero-order chi connectivity index (χ0) is 25.7. The lowest BCUT2D eigenvalue weighted by Crippen LogP contribution is -2.24. The summed E-state index contributed by atoms with van der Waals surface area (Å²) in [6.07, 6.45) is 1.57. The van der Waals surface area contributed by atoms with Crippen LogP contribution in [-0.2, 0) is 16.0 Å². The van der Waals surface area contributed by atoms with Gasteiger partial charge in [0.1, 0.15) is 25.2 Å². The van der Waals surface area contributed by atoms with Crippen molar-refractivity contribution in [2.45, 2.75) is 46.2 Å². The molecule has 0 radical (unpaired) electrons. The fourth-order valence-corrected chi connectivity index (χ4v) is 3.47. The Morgan fingerprint density at radius 3 is 2.20 bits per heavy atom. The summed E-state index contributed by atoms with van der Waals surface area (Å²) in [7, 11) is 1.09. The number of allylic oxidation sites excluding steroid dienone is 1. The molecule has 35 heavy (non-hydrogen) atoms. The number of nitrogens with zero attached hydrogens (tertiary/aromatic N) is 1. The lowest BCUT2D eigenvalue weighted by molar-refractivity contribution is -0.0608. The first-order chi connectivity index (χ1) is 16.8. The first-order valence-electron chi connectivity index (χ1n) is 11.6. The van der Waals surface area contributed by atoms with Crippen LogP contribution in [0, 0.1) is 13.8 Å². The first kappa shape index (κ1) is 28.2. The number of halogens is 3. The van der Waals surface area contributed by atoms with Crippen molar-refractivity contribution in [2.75, 3.05) is 33.5 Å². The van der Waals surface area contributed by atoms with Crippen molar-refractivity contribution in [3.63, 3.8) is 0 Å². The third-order valence-electron chi connectivity index (χ3n) is 5.13. The van der Waals surface area contributed by atoms with Gasteiger partial charge in [-0.15, -0.1) is 0 Å². The van der Waals surface area contributed by atoms with Crippen molar-refractivity contribution >= 4 is 5.71 Å². The molecule has 2 aromatic rings. The van der Waals surface area contributed by atoms with Gasteiger partial charge in [0, 0.05) is 25.2 Å². The van der Waals surface area contributed by atoms with Gasteiger partial charge in [-0.2, -0.15) is 13.2 Å². The lowest BCUT2D eigenvalue weighted by atomic mass is 10.0. The SMILES string of the molecule is C/C=C/COc1cc(C)c(OCCCOCCCc2ccc(C(=NOC)C(F)(F)F)cc2)c(C)c1. The molecule has 0 atom stereocenters. The maximum atomic E-state index is 13.0. The van der Waals surface area contributed by atoms with Gasteiger partial charge in [0.15, 0.2) is 5.71 Å². The molecule has 0 fully saturated rings. The summed E-state index contributed by atoms with van der Waals surface area (Å²) in [5.41, 5.74) is 1.92. The molecule has 0 amide bonds. The molecule has 0 N–H and O–H groups in total. The largest absolute Gasteiger partial charge is 0.493 e. The first-order valence-corrected chi connectivity index (χ1v) is 11.6. The molecule has 0 saturated heterocycles. The van der Waals surface area contributed by atoms with E-state index in [0.29, 0.717) is 32.8 Å². The van der Waals surface area contributed by atoms with Gasteiger partial charge >= 0.3 is 6.18 Å². The average molecular weight is 494 g/mol. The monoisotopic (exact) mass is 493 g/mol. The Hall–Kier alpha value is -3.00. The van der Waals surface area contributed by atoms with Gasteiger partial charge in [-0.3, -0.25) is 0 Å². The molecule has 0 aromatic heterocycles. The highest BCUT2D eigenvalue weighted by atomic mass is 19.4. The molecule has 2 aromatic carbocycles. The molecule has 5 nitrogen and oxygen atoms in total. The number of ether oxygens (including phenoxy) is 3. The summed E-state index contributed by atoms with van der Waals surface area (Å²) in [5, 5.41) is 3.11. The zero-order valence-electron chi connectivity index (χ0n) is 20.8. The average Bonchev–Trinajstić information content (AvgIpc) is 2.80. The molecule has 0 spiro atoms. The molecule has 8 heteroatoms. The summed E-state index contributed by atoms with van der Waals surface area (Å²) >= 11 is 0. The third kappa shape index (κ3) is 9.64. The summed E-state index contributed by atoms with van der Waals surface area (Å²) in [6.45, 7) is 8.19. The van der Waals surface area contributed by atoms with Crippen LogP contribution in [0.15, 0.2) is 53.7 Å². The minimum atomic E-state index is -4.57. The van der Waals surface area contributed by atoms with Crippen LogP contribution in [0.1, 0.15) is 42.0 Å². The topological polar surface area (TPSA) is 49.3 Å². The normalized spacial score (nSPS) is 12.3. The second-order valence-electron chi connectivity index (χ2n) is 8.00. The van der Waals surface area contributed by atoms with Gasteiger partial charge < -0.3 is 19.0 Å². The van der Waals surface area contributed by atoms with Crippen molar-refractivity contribution in [3.8, 4) is 11.5 Å². The van der Waals surface area contributed by atoms with Crippen molar-refractivity contribution in [3.05, 3.63) is 70.8 Å². The van der Waals surface area contributed by atoms with Crippen LogP contribution >= 0.6 is 0 Å². The van der Waals surface area contributed by atoms with E-state index >= 15 is 0 Å². The maximum Gasteiger partial charge on any atom is 0.437 e. The Morgan fingerprint density at radius 2 is 1.60 bits per heavy atom. The highest BCUT2D eigenvalue weighted by Crippen LogP contribution is 2.28. The van der Waals surface area contributed by atoms with E-state index in [1.807, 2.05) is 45.1 Å². The summed E-state index contributed by atoms with van der Waals surface area (Å²) in [4.78, 5) is 4.33. The van der Waals surface area contributed by atoms with E-state index in [-0.39, 0.29) is 5.56 Å². The Kier molecular flexibility index (Phi) is 11.6. The molecule has 0 unspecified atom stereocenters. The molecular weight excluding hydrogens is 459 g/mol. The van der Waals surface area contributed by atoms with Crippen molar-refractivity contribution in [1.82, 2.24) is 0 Å². The molecule has 0 saturated carbocycles. The molecule has 0 bridgehead atoms. The third-order valence-corrected chi connectivity index (χ3v) is 5.13. The summed E-state index contributed by atoms with van der Waals surface area (Å²) in [5.74, 6) is 1.70. The highest BCUT2D eigenvalue weighted by Gasteiger charge is 2.37. The quantitative estimate of drug-likeness (QED) is 0.129. The smallest absolute Gasteiger partial charge is 0.437 e. The standard InChI is InChI=1S/C27H34F3NO4/c1-5-6-16-34-24-18-20(2)25(21(3)19-24)35-17-8-15-33-14-7-9-22-10-12-23(13-11-22)26(31-32-4)27(28,29)30/h5-6,10-13,18-19H,7-9,14-17H2,1-4H3/b6-5+,31-26?. The minimum Gasteiger partial charge on any atom is -0.493 e. The number of hydrogen-bond acceptors (Lipinski definition) is 5. The number of oxime groups is 1. The second-order valence-corrected chi connectivity index (χ2v) is 8.00. The number of alkyl halides is 3. The van der Waals surface area contributed by atoms with Crippen LogP contribution in [0.5, 0.6) is 11.5 Å². The maximum absolute atomic E-state index is 13.0. The Balaban J connectivity index is 1.67. The van der Waals surface area contributed by atoms with E-state index in [2.05, 4.69) is 9.99 Å². The van der Waals surface area contributed by atoms with Crippen molar-refractivity contribution in [1.29, 1.82) is 0 Å². The summed E-state index contributed by atoms with van der Waals surface area (Å²) < 4.78 is 56.4. The van der Waals surface area contributed by atoms with Crippen LogP contribution in [0.3, 0.4) is 0 Å². The predicted molar refractivity (Wildman–Crippen MR) is 132 cm³/mol. The number of hydrogen-bond donors (Lipinski definition) is 0. The van der Waals surface area contributed by atoms with E-state index in [0.717, 1.165) is 48.1 Å². The molecule has 2 rings (SSSR count).